The van der Waals surface area contributed by atoms with Crippen LogP contribution in [0.3, 0.4) is 0 Å². The minimum Gasteiger partial charge on any atom is -0.476 e. The van der Waals surface area contributed by atoms with Gasteiger partial charge in [-0.25, -0.2) is 42.6 Å². The Morgan fingerprint density at radius 2 is 1.47 bits per heavy atom. The summed E-state index contributed by atoms with van der Waals surface area (Å²) in [4.78, 5) is 59.9. The fraction of sp³-hybridized carbons (Fsp3) is 0.0769. The van der Waals surface area contributed by atoms with Crippen LogP contribution in [0.5, 0.6) is 0 Å². The summed E-state index contributed by atoms with van der Waals surface area (Å²) in [5.74, 6) is -4.81. The summed E-state index contributed by atoms with van der Waals surface area (Å²) >= 11 is 6.79. The lowest BCUT2D eigenvalue weighted by molar-refractivity contribution is 0.0680. The summed E-state index contributed by atoms with van der Waals surface area (Å²) < 4.78 is 32.1. The highest BCUT2D eigenvalue weighted by atomic mass is 79.9. The number of hydrogen-bond acceptors (Lipinski definition) is 8. The maximum Gasteiger partial charge on any atom is 0.356 e. The van der Waals surface area contributed by atoms with Gasteiger partial charge in [-0.1, -0.05) is 0 Å². The molecule has 1 amide bonds. The number of nitrogens with zero attached hydrogens (tertiary/aromatic N) is 7. The van der Waals surface area contributed by atoms with Crippen molar-refractivity contribution in [3.63, 3.8) is 0 Å². The molecule has 0 radical (unpaired) electrons. The standard InChI is InChI=1S/C26H14Br2F2N8O7/c27-12-3-18-33-16(26(44)45)8-38(18)35-19(12)20-13(28)2-10(22-34-15(25(42)43)7-37(20)22)23(39)31-4-9-1-17-32-14(24(40)41)6-36(17)5-11(9)21(29)30/h1-3,5-8,21H,4H2,(H,31,39)(H,40,41)(H,42,43)(H,44,45). The number of aromatic carboxylic acids is 3. The number of rotatable bonds is 8. The summed E-state index contributed by atoms with van der Waals surface area (Å²) in [7, 11) is 0. The van der Waals surface area contributed by atoms with E-state index in [1.165, 1.54) is 33.3 Å². The van der Waals surface area contributed by atoms with Gasteiger partial charge < -0.3 is 25.0 Å². The fourth-order valence-electron chi connectivity index (χ4n) is 4.59. The lowest BCUT2D eigenvalue weighted by atomic mass is 10.1. The number of imidazole rings is 3. The van der Waals surface area contributed by atoms with Crippen molar-refractivity contribution in [3.8, 4) is 11.4 Å². The van der Waals surface area contributed by atoms with E-state index in [0.717, 1.165) is 23.0 Å². The van der Waals surface area contributed by atoms with Gasteiger partial charge in [0.1, 0.15) is 11.3 Å². The van der Waals surface area contributed by atoms with Gasteiger partial charge in [0.25, 0.3) is 12.3 Å². The molecule has 0 aromatic carbocycles. The first-order valence-electron chi connectivity index (χ1n) is 12.4. The molecule has 0 fully saturated rings. The Bertz CT molecular complexity index is 2260. The Labute approximate surface area is 264 Å². The Kier molecular flexibility index (Phi) is 7.28. The summed E-state index contributed by atoms with van der Waals surface area (Å²) in [5, 5.41) is 35.1. The molecule has 15 nitrogen and oxygen atoms in total. The van der Waals surface area contributed by atoms with E-state index in [9.17, 15) is 43.3 Å². The van der Waals surface area contributed by atoms with Crippen molar-refractivity contribution in [1.82, 2.24) is 38.7 Å². The SMILES string of the molecule is O=C(O)c1cn2cc(C(F)F)c(CNC(=O)c3cc(Br)c(-c4nn5cc(C(=O)O)nc5cc4Br)n4cc(C(=O)O)nc34)cc2n1. The Morgan fingerprint density at radius 1 is 0.822 bits per heavy atom. The summed E-state index contributed by atoms with van der Waals surface area (Å²) in [6, 6.07) is 4.07. The first-order valence-corrected chi connectivity index (χ1v) is 14.0. The minimum atomic E-state index is -2.96. The molecule has 4 N–H and O–H groups in total. The van der Waals surface area contributed by atoms with E-state index >= 15 is 0 Å². The van der Waals surface area contributed by atoms with Crippen molar-refractivity contribution in [2.24, 2.45) is 0 Å². The number of halogens is 4. The van der Waals surface area contributed by atoms with E-state index < -0.39 is 48.0 Å². The number of carbonyl (C=O) groups excluding carboxylic acids is 1. The predicted octanol–water partition coefficient (Wildman–Crippen LogP) is 4.18. The zero-order valence-corrected chi connectivity index (χ0v) is 25.1. The second kappa shape index (κ2) is 11.0. The number of pyridine rings is 2. The fourth-order valence-corrected chi connectivity index (χ4v) is 5.67. The van der Waals surface area contributed by atoms with E-state index in [-0.39, 0.29) is 55.3 Å². The van der Waals surface area contributed by atoms with E-state index in [1.54, 1.807) is 0 Å². The van der Waals surface area contributed by atoms with Gasteiger partial charge in [-0.3, -0.25) is 9.20 Å². The van der Waals surface area contributed by atoms with Crippen LogP contribution < -0.4 is 5.32 Å². The topological polar surface area (TPSA) is 206 Å². The predicted molar refractivity (Wildman–Crippen MR) is 155 cm³/mol. The Balaban J connectivity index is 1.42. The van der Waals surface area contributed by atoms with Crippen LogP contribution in [0.2, 0.25) is 0 Å². The molecule has 6 aromatic rings. The molecule has 0 unspecified atom stereocenters. The number of carboxylic acids is 3. The molecule has 0 aliphatic rings. The van der Waals surface area contributed by atoms with Crippen molar-refractivity contribution in [3.05, 3.63) is 85.7 Å². The van der Waals surface area contributed by atoms with Crippen LogP contribution in [-0.4, -0.2) is 72.5 Å². The number of fused-ring (bicyclic) bond motifs is 3. The average Bonchev–Trinajstić information content (AvgIpc) is 3.71. The molecule has 0 saturated heterocycles. The molecule has 0 aliphatic heterocycles. The van der Waals surface area contributed by atoms with Crippen LogP contribution in [0.15, 0.2) is 51.9 Å². The molecule has 0 aliphatic carbocycles. The normalized spacial score (nSPS) is 11.6. The number of alkyl halides is 2. The van der Waals surface area contributed by atoms with Gasteiger partial charge in [0.05, 0.1) is 21.9 Å². The quantitative estimate of drug-likeness (QED) is 0.174. The van der Waals surface area contributed by atoms with E-state index in [0.29, 0.717) is 4.47 Å². The first kappa shape index (κ1) is 29.8. The van der Waals surface area contributed by atoms with Crippen LogP contribution in [0.1, 0.15) is 59.4 Å². The summed E-state index contributed by atoms with van der Waals surface area (Å²) in [6.45, 7) is -0.418. The second-order valence-corrected chi connectivity index (χ2v) is 11.1. The lowest BCUT2D eigenvalue weighted by Gasteiger charge is -2.14. The molecule has 19 heteroatoms. The van der Waals surface area contributed by atoms with E-state index in [2.05, 4.69) is 57.2 Å². The van der Waals surface area contributed by atoms with E-state index in [4.69, 9.17) is 0 Å². The largest absolute Gasteiger partial charge is 0.476 e. The Hall–Kier alpha value is -5.30. The average molecular weight is 748 g/mol. The second-order valence-electron chi connectivity index (χ2n) is 9.39. The van der Waals surface area contributed by atoms with Gasteiger partial charge in [0, 0.05) is 35.2 Å². The molecule has 228 valence electrons. The van der Waals surface area contributed by atoms with E-state index in [1.807, 2.05) is 0 Å². The van der Waals surface area contributed by atoms with Crippen LogP contribution in [0.25, 0.3) is 28.3 Å². The smallest absolute Gasteiger partial charge is 0.356 e. The molecule has 0 saturated carbocycles. The third-order valence-corrected chi connectivity index (χ3v) is 7.81. The lowest BCUT2D eigenvalue weighted by Crippen LogP contribution is -2.24. The van der Waals surface area contributed by atoms with Gasteiger partial charge in [-0.15, -0.1) is 0 Å². The van der Waals surface area contributed by atoms with Crippen molar-refractivity contribution < 1.29 is 43.3 Å². The molecule has 6 heterocycles. The monoisotopic (exact) mass is 746 g/mol. The van der Waals surface area contributed by atoms with Gasteiger partial charge >= 0.3 is 17.9 Å². The molecule has 0 atom stereocenters. The number of amides is 1. The molecule has 6 rings (SSSR count). The van der Waals surface area contributed by atoms with Crippen LogP contribution in [0, 0.1) is 0 Å². The number of aromatic nitrogens is 7. The molecular formula is C26H14Br2F2N8O7. The molecule has 0 bridgehead atoms. The van der Waals surface area contributed by atoms with Gasteiger partial charge in [-0.05, 0) is 55.6 Å². The number of hydrogen-bond donors (Lipinski definition) is 4. The summed E-state index contributed by atoms with van der Waals surface area (Å²) in [6.07, 6.45) is 1.49. The van der Waals surface area contributed by atoms with Crippen LogP contribution in [0.4, 0.5) is 8.78 Å². The van der Waals surface area contributed by atoms with Gasteiger partial charge in [0.2, 0.25) is 0 Å². The third kappa shape index (κ3) is 5.24. The number of carbonyl (C=O) groups is 4. The molecular weight excluding hydrogens is 734 g/mol. The van der Waals surface area contributed by atoms with Crippen LogP contribution in [-0.2, 0) is 6.54 Å². The van der Waals surface area contributed by atoms with Crippen molar-refractivity contribution in [2.75, 3.05) is 0 Å². The minimum absolute atomic E-state index is 0.0304. The maximum absolute atomic E-state index is 13.9. The third-order valence-electron chi connectivity index (χ3n) is 6.60. The number of nitrogens with one attached hydrogen (secondary N) is 1. The van der Waals surface area contributed by atoms with Crippen LogP contribution >= 0.6 is 31.9 Å². The van der Waals surface area contributed by atoms with Crippen molar-refractivity contribution in [1.29, 1.82) is 0 Å². The first-order chi connectivity index (χ1) is 21.3. The maximum atomic E-state index is 13.9. The Morgan fingerprint density at radius 3 is 2.13 bits per heavy atom. The molecule has 45 heavy (non-hydrogen) atoms. The highest BCUT2D eigenvalue weighted by Crippen LogP contribution is 2.35. The zero-order chi connectivity index (χ0) is 32.3. The highest BCUT2D eigenvalue weighted by molar-refractivity contribution is 9.11. The van der Waals surface area contributed by atoms with Gasteiger partial charge in [0.15, 0.2) is 28.4 Å². The van der Waals surface area contributed by atoms with Gasteiger partial charge in [-0.2, -0.15) is 5.10 Å². The molecule has 0 spiro atoms. The van der Waals surface area contributed by atoms with Crippen molar-refractivity contribution in [2.45, 2.75) is 13.0 Å². The zero-order valence-electron chi connectivity index (χ0n) is 21.9. The van der Waals surface area contributed by atoms with Crippen molar-refractivity contribution >= 4 is 72.6 Å². The molecule has 6 aromatic heterocycles. The number of carboxylic acid groups (broad SMARTS) is 3. The highest BCUT2D eigenvalue weighted by Gasteiger charge is 2.25. The summed E-state index contributed by atoms with van der Waals surface area (Å²) in [5.41, 5.74) is -1.06.